The molecule has 3 N–H and O–H groups in total. The lowest BCUT2D eigenvalue weighted by Crippen LogP contribution is -1.84. The first-order valence-corrected chi connectivity index (χ1v) is 5.39. The molecular formula is C13H10FN3O. The number of hydrogen-bond donors (Lipinski definition) is 2. The molecule has 2 heterocycles. The van der Waals surface area contributed by atoms with Gasteiger partial charge in [-0.2, -0.15) is 0 Å². The van der Waals surface area contributed by atoms with Gasteiger partial charge in [0.25, 0.3) is 0 Å². The molecule has 90 valence electrons. The maximum Gasteiger partial charge on any atom is 0.197 e. The topological polar surface area (TPSA) is 67.8 Å². The minimum absolute atomic E-state index is 0.271. The lowest BCUT2D eigenvalue weighted by atomic mass is 10.2. The SMILES string of the molecule is Nc1ncc(-c2ccc(-c3ccc(F)cc3)o2)[nH]1. The molecule has 2 aromatic heterocycles. The van der Waals surface area contributed by atoms with Crippen LogP contribution in [0.3, 0.4) is 0 Å². The van der Waals surface area contributed by atoms with E-state index < -0.39 is 0 Å². The van der Waals surface area contributed by atoms with Crippen LogP contribution in [0.15, 0.2) is 47.0 Å². The highest BCUT2D eigenvalue weighted by Gasteiger charge is 2.08. The highest BCUT2D eigenvalue weighted by Crippen LogP contribution is 2.27. The van der Waals surface area contributed by atoms with Crippen molar-refractivity contribution in [1.82, 2.24) is 9.97 Å². The van der Waals surface area contributed by atoms with Gasteiger partial charge >= 0.3 is 0 Å². The van der Waals surface area contributed by atoms with Crippen molar-refractivity contribution in [3.8, 4) is 22.8 Å². The van der Waals surface area contributed by atoms with Crippen LogP contribution >= 0.6 is 0 Å². The molecule has 0 spiro atoms. The minimum Gasteiger partial charge on any atom is -0.454 e. The Morgan fingerprint density at radius 1 is 1.06 bits per heavy atom. The van der Waals surface area contributed by atoms with Crippen LogP contribution in [0.25, 0.3) is 22.8 Å². The van der Waals surface area contributed by atoms with E-state index in [9.17, 15) is 4.39 Å². The lowest BCUT2D eigenvalue weighted by Gasteiger charge is -1.96. The number of aromatic nitrogens is 2. The summed E-state index contributed by atoms with van der Waals surface area (Å²) >= 11 is 0. The van der Waals surface area contributed by atoms with Gasteiger partial charge in [0.2, 0.25) is 0 Å². The van der Waals surface area contributed by atoms with Gasteiger partial charge in [-0.3, -0.25) is 0 Å². The summed E-state index contributed by atoms with van der Waals surface area (Å²) in [5.41, 5.74) is 7.02. The molecule has 0 unspecified atom stereocenters. The van der Waals surface area contributed by atoms with Gasteiger partial charge in [0.05, 0.1) is 6.20 Å². The fourth-order valence-corrected chi connectivity index (χ4v) is 1.71. The van der Waals surface area contributed by atoms with Crippen LogP contribution < -0.4 is 5.73 Å². The number of H-pyrrole nitrogens is 1. The molecule has 0 aliphatic rings. The number of furan rings is 1. The third-order valence-corrected chi connectivity index (χ3v) is 2.60. The molecule has 0 saturated carbocycles. The molecule has 18 heavy (non-hydrogen) atoms. The lowest BCUT2D eigenvalue weighted by molar-refractivity contribution is 0.594. The van der Waals surface area contributed by atoms with Crippen molar-refractivity contribution in [2.24, 2.45) is 0 Å². The molecular weight excluding hydrogens is 233 g/mol. The fourth-order valence-electron chi connectivity index (χ4n) is 1.71. The van der Waals surface area contributed by atoms with Crippen molar-refractivity contribution < 1.29 is 8.81 Å². The normalized spacial score (nSPS) is 10.7. The Balaban J connectivity index is 1.96. The predicted octanol–water partition coefficient (Wildman–Crippen LogP) is 3.06. The van der Waals surface area contributed by atoms with E-state index in [0.717, 1.165) is 5.56 Å². The van der Waals surface area contributed by atoms with Gasteiger partial charge in [-0.25, -0.2) is 9.37 Å². The zero-order valence-electron chi connectivity index (χ0n) is 9.35. The van der Waals surface area contributed by atoms with Crippen LogP contribution in [-0.2, 0) is 0 Å². The molecule has 0 bridgehead atoms. The molecule has 0 saturated heterocycles. The van der Waals surface area contributed by atoms with E-state index in [1.54, 1.807) is 18.3 Å². The van der Waals surface area contributed by atoms with Gasteiger partial charge in [0.1, 0.15) is 17.3 Å². The van der Waals surface area contributed by atoms with E-state index in [-0.39, 0.29) is 5.82 Å². The Kier molecular flexibility index (Phi) is 2.37. The molecule has 4 nitrogen and oxygen atoms in total. The second-order valence-electron chi connectivity index (χ2n) is 3.85. The standard InChI is InChI=1S/C13H10FN3O/c14-9-3-1-8(2-4-9)11-5-6-12(18-11)10-7-16-13(15)17-10/h1-7H,(H3,15,16,17). The van der Waals surface area contributed by atoms with Crippen LogP contribution in [-0.4, -0.2) is 9.97 Å². The molecule has 0 aliphatic carbocycles. The summed E-state index contributed by atoms with van der Waals surface area (Å²) in [6, 6.07) is 9.75. The van der Waals surface area contributed by atoms with Crippen molar-refractivity contribution in [3.05, 3.63) is 48.4 Å². The Labute approximate surface area is 102 Å². The van der Waals surface area contributed by atoms with Crippen molar-refractivity contribution in [3.63, 3.8) is 0 Å². The second-order valence-corrected chi connectivity index (χ2v) is 3.85. The van der Waals surface area contributed by atoms with Crippen molar-refractivity contribution in [2.75, 3.05) is 5.73 Å². The molecule has 3 aromatic rings. The highest BCUT2D eigenvalue weighted by molar-refractivity contribution is 5.63. The van der Waals surface area contributed by atoms with E-state index >= 15 is 0 Å². The van der Waals surface area contributed by atoms with Gasteiger partial charge in [-0.1, -0.05) is 0 Å². The van der Waals surface area contributed by atoms with Crippen molar-refractivity contribution in [1.29, 1.82) is 0 Å². The van der Waals surface area contributed by atoms with Gasteiger partial charge in [0, 0.05) is 5.56 Å². The van der Waals surface area contributed by atoms with E-state index in [1.807, 2.05) is 12.1 Å². The number of imidazole rings is 1. The van der Waals surface area contributed by atoms with E-state index in [0.29, 0.717) is 23.2 Å². The first-order valence-electron chi connectivity index (χ1n) is 5.39. The number of benzene rings is 1. The minimum atomic E-state index is -0.271. The molecule has 0 fully saturated rings. The first kappa shape index (κ1) is 10.6. The molecule has 1 aromatic carbocycles. The van der Waals surface area contributed by atoms with Crippen LogP contribution in [0.2, 0.25) is 0 Å². The number of aromatic amines is 1. The van der Waals surface area contributed by atoms with Crippen LogP contribution in [0, 0.1) is 5.82 Å². The van der Waals surface area contributed by atoms with Crippen molar-refractivity contribution in [2.45, 2.75) is 0 Å². The summed E-state index contributed by atoms with van der Waals surface area (Å²) in [5.74, 6) is 1.37. The fraction of sp³-hybridized carbons (Fsp3) is 0. The number of rotatable bonds is 2. The Bertz CT molecular complexity index is 670. The largest absolute Gasteiger partial charge is 0.454 e. The van der Waals surface area contributed by atoms with Crippen LogP contribution in [0.1, 0.15) is 0 Å². The Morgan fingerprint density at radius 3 is 2.44 bits per heavy atom. The number of nitrogens with zero attached hydrogens (tertiary/aromatic N) is 1. The Morgan fingerprint density at radius 2 is 1.78 bits per heavy atom. The predicted molar refractivity (Wildman–Crippen MR) is 66.1 cm³/mol. The number of nitrogens with one attached hydrogen (secondary N) is 1. The third kappa shape index (κ3) is 1.86. The third-order valence-electron chi connectivity index (χ3n) is 2.60. The number of halogens is 1. The molecule has 3 rings (SSSR count). The van der Waals surface area contributed by atoms with Crippen molar-refractivity contribution >= 4 is 5.95 Å². The van der Waals surface area contributed by atoms with Gasteiger partial charge < -0.3 is 15.1 Å². The average Bonchev–Trinajstić information content (AvgIpc) is 2.98. The van der Waals surface area contributed by atoms with Crippen LogP contribution in [0.4, 0.5) is 10.3 Å². The first-order chi connectivity index (χ1) is 8.72. The smallest absolute Gasteiger partial charge is 0.197 e. The molecule has 0 radical (unpaired) electrons. The summed E-state index contributed by atoms with van der Waals surface area (Å²) < 4.78 is 18.5. The molecule has 0 amide bonds. The average molecular weight is 243 g/mol. The van der Waals surface area contributed by atoms with Gasteiger partial charge in [-0.15, -0.1) is 0 Å². The Hall–Kier alpha value is -2.56. The molecule has 5 heteroatoms. The summed E-state index contributed by atoms with van der Waals surface area (Å²) in [4.78, 5) is 6.78. The quantitative estimate of drug-likeness (QED) is 0.726. The maximum absolute atomic E-state index is 12.8. The number of hydrogen-bond acceptors (Lipinski definition) is 3. The van der Waals surface area contributed by atoms with Gasteiger partial charge in [-0.05, 0) is 36.4 Å². The van der Waals surface area contributed by atoms with Crippen LogP contribution in [0.5, 0.6) is 0 Å². The van der Waals surface area contributed by atoms with E-state index in [2.05, 4.69) is 9.97 Å². The highest BCUT2D eigenvalue weighted by atomic mass is 19.1. The second kappa shape index (κ2) is 4.03. The maximum atomic E-state index is 12.8. The zero-order valence-corrected chi connectivity index (χ0v) is 9.35. The van der Waals surface area contributed by atoms with E-state index in [4.69, 9.17) is 10.2 Å². The number of nitrogen functional groups attached to an aromatic ring is 1. The monoisotopic (exact) mass is 243 g/mol. The summed E-state index contributed by atoms with van der Waals surface area (Å²) in [6.07, 6.45) is 1.60. The molecule has 0 atom stereocenters. The summed E-state index contributed by atoms with van der Waals surface area (Å²) in [7, 11) is 0. The van der Waals surface area contributed by atoms with Gasteiger partial charge in [0.15, 0.2) is 11.7 Å². The number of nitrogens with two attached hydrogens (primary N) is 1. The summed E-state index contributed by atoms with van der Waals surface area (Å²) in [5, 5.41) is 0. The zero-order chi connectivity index (χ0) is 12.5. The molecule has 0 aliphatic heterocycles. The summed E-state index contributed by atoms with van der Waals surface area (Å²) in [6.45, 7) is 0. The number of anilines is 1. The van der Waals surface area contributed by atoms with E-state index in [1.165, 1.54) is 12.1 Å².